The molecule has 110 valence electrons. The minimum Gasteiger partial charge on any atom is -0.294 e. The number of ketones is 4. The summed E-state index contributed by atoms with van der Waals surface area (Å²) < 4.78 is 0. The Morgan fingerprint density at radius 3 is 1.68 bits per heavy atom. The summed E-state index contributed by atoms with van der Waals surface area (Å²) in [6, 6.07) is 16.4. The van der Waals surface area contributed by atoms with Crippen molar-refractivity contribution in [2.24, 2.45) is 0 Å². The van der Waals surface area contributed by atoms with Crippen molar-refractivity contribution in [3.05, 3.63) is 71.8 Å². The van der Waals surface area contributed by atoms with Gasteiger partial charge < -0.3 is 0 Å². The van der Waals surface area contributed by atoms with Crippen LogP contribution >= 0.6 is 0 Å². The van der Waals surface area contributed by atoms with E-state index < -0.39 is 17.3 Å². The van der Waals surface area contributed by atoms with Crippen molar-refractivity contribution in [1.82, 2.24) is 0 Å². The topological polar surface area (TPSA) is 68.3 Å². The minimum absolute atomic E-state index is 0.0867. The van der Waals surface area contributed by atoms with E-state index in [1.807, 2.05) is 0 Å². The van der Waals surface area contributed by atoms with Crippen LogP contribution in [0.5, 0.6) is 0 Å². The summed E-state index contributed by atoms with van der Waals surface area (Å²) in [5.41, 5.74) is 0.660. The molecule has 0 aliphatic heterocycles. The number of benzene rings is 2. The van der Waals surface area contributed by atoms with Crippen LogP contribution < -0.4 is 0 Å². The van der Waals surface area contributed by atoms with Crippen LogP contribution in [0, 0.1) is 0 Å². The lowest BCUT2D eigenvalue weighted by atomic mass is 10.00. The van der Waals surface area contributed by atoms with Gasteiger partial charge in [-0.15, -0.1) is 0 Å². The molecule has 0 spiro atoms. The van der Waals surface area contributed by atoms with Crippen molar-refractivity contribution in [3.63, 3.8) is 0 Å². The standard InChI is InChI=1S/C18H14O4/c19-15(13-7-3-1-4-8-13)11-12-16(20)18(22)17(21)14-9-5-2-6-10-14/h1-10H,11-12H2. The molecule has 0 saturated heterocycles. The van der Waals surface area contributed by atoms with E-state index in [0.29, 0.717) is 5.56 Å². The second kappa shape index (κ2) is 7.22. The summed E-state index contributed by atoms with van der Waals surface area (Å²) in [5.74, 6) is -2.98. The maximum atomic E-state index is 11.9. The third-order valence-electron chi connectivity index (χ3n) is 3.17. The molecule has 0 aromatic heterocycles. The minimum atomic E-state index is -1.08. The van der Waals surface area contributed by atoms with Crippen molar-refractivity contribution >= 4 is 23.1 Å². The van der Waals surface area contributed by atoms with Crippen LogP contribution in [0.15, 0.2) is 60.7 Å². The van der Waals surface area contributed by atoms with Crippen LogP contribution in [0.3, 0.4) is 0 Å². The number of hydrogen-bond acceptors (Lipinski definition) is 4. The fourth-order valence-corrected chi connectivity index (χ4v) is 1.96. The SMILES string of the molecule is O=C(CCC(=O)c1ccccc1)C(=O)C(=O)c1ccccc1. The van der Waals surface area contributed by atoms with E-state index in [1.165, 1.54) is 12.1 Å². The van der Waals surface area contributed by atoms with Gasteiger partial charge in [-0.1, -0.05) is 60.7 Å². The summed E-state index contributed by atoms with van der Waals surface area (Å²) >= 11 is 0. The molecule has 2 rings (SSSR count). The highest BCUT2D eigenvalue weighted by atomic mass is 16.2. The molecule has 0 bridgehead atoms. The molecule has 0 N–H and O–H groups in total. The molecule has 0 radical (unpaired) electrons. The zero-order valence-electron chi connectivity index (χ0n) is 11.8. The van der Waals surface area contributed by atoms with Gasteiger partial charge in [0.2, 0.25) is 11.6 Å². The third-order valence-corrected chi connectivity index (χ3v) is 3.17. The predicted molar refractivity (Wildman–Crippen MR) is 80.8 cm³/mol. The van der Waals surface area contributed by atoms with Gasteiger partial charge in [-0.25, -0.2) is 0 Å². The Balaban J connectivity index is 1.94. The van der Waals surface area contributed by atoms with E-state index in [9.17, 15) is 19.2 Å². The number of carbonyl (C=O) groups is 4. The fourth-order valence-electron chi connectivity index (χ4n) is 1.96. The second-order valence-electron chi connectivity index (χ2n) is 4.74. The van der Waals surface area contributed by atoms with E-state index in [2.05, 4.69) is 0 Å². The molecule has 0 amide bonds. The zero-order valence-corrected chi connectivity index (χ0v) is 11.8. The lowest BCUT2D eigenvalue weighted by Gasteiger charge is -2.01. The van der Waals surface area contributed by atoms with Crippen LogP contribution in [0.2, 0.25) is 0 Å². The Morgan fingerprint density at radius 2 is 1.14 bits per heavy atom. The van der Waals surface area contributed by atoms with E-state index in [1.54, 1.807) is 48.5 Å². The quantitative estimate of drug-likeness (QED) is 0.447. The number of carbonyl (C=O) groups excluding carboxylic acids is 4. The molecule has 4 nitrogen and oxygen atoms in total. The molecular formula is C18H14O4. The molecule has 0 aliphatic rings. The molecule has 2 aromatic rings. The molecule has 4 heteroatoms. The molecule has 22 heavy (non-hydrogen) atoms. The van der Waals surface area contributed by atoms with Crippen molar-refractivity contribution in [2.75, 3.05) is 0 Å². The highest BCUT2D eigenvalue weighted by Crippen LogP contribution is 2.07. The summed E-state index contributed by atoms with van der Waals surface area (Å²) in [7, 11) is 0. The van der Waals surface area contributed by atoms with Crippen molar-refractivity contribution < 1.29 is 19.2 Å². The van der Waals surface area contributed by atoms with E-state index in [4.69, 9.17) is 0 Å². The second-order valence-corrected chi connectivity index (χ2v) is 4.74. The van der Waals surface area contributed by atoms with Crippen LogP contribution in [-0.2, 0) is 9.59 Å². The lowest BCUT2D eigenvalue weighted by Crippen LogP contribution is -2.24. The average molecular weight is 294 g/mol. The normalized spacial score (nSPS) is 10.0. The van der Waals surface area contributed by atoms with E-state index in [-0.39, 0.29) is 24.2 Å². The molecule has 2 aromatic carbocycles. The molecule has 0 unspecified atom stereocenters. The Labute approximate surface area is 127 Å². The van der Waals surface area contributed by atoms with Crippen molar-refractivity contribution in [3.8, 4) is 0 Å². The summed E-state index contributed by atoms with van der Waals surface area (Å²) in [4.78, 5) is 47.3. The first-order chi connectivity index (χ1) is 10.6. The smallest absolute Gasteiger partial charge is 0.268 e. The molecule has 0 fully saturated rings. The highest BCUT2D eigenvalue weighted by molar-refractivity contribution is 6.67. The van der Waals surface area contributed by atoms with Crippen LogP contribution in [-0.4, -0.2) is 23.1 Å². The first kappa shape index (κ1) is 15.5. The number of hydrogen-bond donors (Lipinski definition) is 0. The maximum Gasteiger partial charge on any atom is 0.268 e. The summed E-state index contributed by atoms with van der Waals surface area (Å²) in [6.45, 7) is 0. The Morgan fingerprint density at radius 1 is 0.636 bits per heavy atom. The Hall–Kier alpha value is -2.88. The highest BCUT2D eigenvalue weighted by Gasteiger charge is 2.24. The van der Waals surface area contributed by atoms with Gasteiger partial charge in [-0.2, -0.15) is 0 Å². The van der Waals surface area contributed by atoms with Gasteiger partial charge in [-0.05, 0) is 0 Å². The first-order valence-electron chi connectivity index (χ1n) is 6.84. The van der Waals surface area contributed by atoms with Crippen LogP contribution in [0.4, 0.5) is 0 Å². The van der Waals surface area contributed by atoms with Crippen molar-refractivity contribution in [2.45, 2.75) is 12.8 Å². The molecule has 0 atom stereocenters. The predicted octanol–water partition coefficient (Wildman–Crippen LogP) is 2.67. The van der Waals surface area contributed by atoms with Gasteiger partial charge in [0.25, 0.3) is 5.78 Å². The van der Waals surface area contributed by atoms with Gasteiger partial charge in [0, 0.05) is 24.0 Å². The van der Waals surface area contributed by atoms with Gasteiger partial charge in [0.15, 0.2) is 5.78 Å². The molecule has 0 heterocycles. The largest absolute Gasteiger partial charge is 0.294 e. The maximum absolute atomic E-state index is 11.9. The van der Waals surface area contributed by atoms with Crippen LogP contribution in [0.1, 0.15) is 33.6 Å². The lowest BCUT2D eigenvalue weighted by molar-refractivity contribution is -0.133. The Bertz CT molecular complexity index is 702. The van der Waals surface area contributed by atoms with Gasteiger partial charge in [0.05, 0.1) is 0 Å². The van der Waals surface area contributed by atoms with Gasteiger partial charge >= 0.3 is 0 Å². The van der Waals surface area contributed by atoms with Crippen molar-refractivity contribution in [1.29, 1.82) is 0 Å². The molecular weight excluding hydrogens is 280 g/mol. The average Bonchev–Trinajstić information content (AvgIpc) is 2.59. The molecule has 0 aliphatic carbocycles. The monoisotopic (exact) mass is 294 g/mol. The first-order valence-corrected chi connectivity index (χ1v) is 6.84. The zero-order chi connectivity index (χ0) is 15.9. The summed E-state index contributed by atoms with van der Waals surface area (Å²) in [6.07, 6.45) is -0.345. The van der Waals surface area contributed by atoms with Crippen LogP contribution in [0.25, 0.3) is 0 Å². The Kier molecular flexibility index (Phi) is 5.09. The van der Waals surface area contributed by atoms with Gasteiger partial charge in [0.1, 0.15) is 0 Å². The fraction of sp³-hybridized carbons (Fsp3) is 0.111. The van der Waals surface area contributed by atoms with Gasteiger partial charge in [-0.3, -0.25) is 19.2 Å². The molecule has 0 saturated carbocycles. The number of rotatable bonds is 7. The van der Waals surface area contributed by atoms with E-state index >= 15 is 0 Å². The number of Topliss-reactive ketones (excluding diaryl/α,β-unsaturated/α-hetero) is 4. The summed E-state index contributed by atoms with van der Waals surface area (Å²) in [5, 5.41) is 0. The van der Waals surface area contributed by atoms with E-state index in [0.717, 1.165) is 0 Å². The third kappa shape index (κ3) is 3.82.